The summed E-state index contributed by atoms with van der Waals surface area (Å²) in [6.07, 6.45) is 0.197. The number of nitrogens with zero attached hydrogens (tertiary/aromatic N) is 2. The number of hydrogen-bond donors (Lipinski definition) is 2. The van der Waals surface area contributed by atoms with Crippen molar-refractivity contribution < 1.29 is 14.4 Å². The van der Waals surface area contributed by atoms with Gasteiger partial charge in [-0.25, -0.2) is 4.39 Å². The molecule has 0 fully saturated rings. The summed E-state index contributed by atoms with van der Waals surface area (Å²) in [5, 5.41) is 11.2. The molecule has 7 heteroatoms. The maximum Gasteiger partial charge on any atom is 0.257 e. The molecule has 20 heavy (non-hydrogen) atoms. The zero-order valence-electron chi connectivity index (χ0n) is 11.3. The molecule has 0 aliphatic rings. The van der Waals surface area contributed by atoms with Gasteiger partial charge in [-0.2, -0.15) is 0 Å². The molecule has 1 rings (SSSR count). The van der Waals surface area contributed by atoms with Crippen LogP contribution in [-0.4, -0.2) is 34.4 Å². The fourth-order valence-electron chi connectivity index (χ4n) is 1.70. The van der Waals surface area contributed by atoms with Crippen LogP contribution in [0.3, 0.4) is 0 Å². The zero-order valence-corrected chi connectivity index (χ0v) is 12.1. The van der Waals surface area contributed by atoms with E-state index in [4.69, 9.17) is 22.5 Å². The first-order valence-electron chi connectivity index (χ1n) is 6.09. The Balaban J connectivity index is 2.97. The largest absolute Gasteiger partial charge is 0.409 e. The van der Waals surface area contributed by atoms with Gasteiger partial charge in [0.25, 0.3) is 5.91 Å². The van der Waals surface area contributed by atoms with E-state index >= 15 is 0 Å². The molecule has 0 bridgehead atoms. The predicted molar refractivity (Wildman–Crippen MR) is 75.6 cm³/mol. The molecule has 0 saturated heterocycles. The van der Waals surface area contributed by atoms with Crippen LogP contribution < -0.4 is 5.73 Å². The second kappa shape index (κ2) is 7.09. The van der Waals surface area contributed by atoms with Crippen molar-refractivity contribution in [3.8, 4) is 0 Å². The average molecular weight is 302 g/mol. The molecule has 3 N–H and O–H groups in total. The summed E-state index contributed by atoms with van der Waals surface area (Å²) in [5.41, 5.74) is 5.29. The summed E-state index contributed by atoms with van der Waals surface area (Å²) < 4.78 is 13.9. The third-order valence-corrected chi connectivity index (χ3v) is 3.10. The SMILES string of the molecule is CC(C)N(CC/C(N)=N/O)C(=O)c1cccc(Cl)c1F. The minimum Gasteiger partial charge on any atom is -0.409 e. The van der Waals surface area contributed by atoms with Crippen LogP contribution in [0.5, 0.6) is 0 Å². The van der Waals surface area contributed by atoms with E-state index in [1.807, 2.05) is 0 Å². The second-order valence-corrected chi connectivity index (χ2v) is 4.94. The third-order valence-electron chi connectivity index (χ3n) is 2.80. The van der Waals surface area contributed by atoms with Crippen LogP contribution in [0.1, 0.15) is 30.6 Å². The van der Waals surface area contributed by atoms with Crippen molar-refractivity contribution >= 4 is 23.3 Å². The smallest absolute Gasteiger partial charge is 0.257 e. The Morgan fingerprint density at radius 1 is 1.55 bits per heavy atom. The van der Waals surface area contributed by atoms with Crippen molar-refractivity contribution in [1.82, 2.24) is 4.90 Å². The van der Waals surface area contributed by atoms with Crippen molar-refractivity contribution in [3.05, 3.63) is 34.6 Å². The Morgan fingerprint density at radius 2 is 2.20 bits per heavy atom. The van der Waals surface area contributed by atoms with Crippen LogP contribution in [-0.2, 0) is 0 Å². The fraction of sp³-hybridized carbons (Fsp3) is 0.385. The lowest BCUT2D eigenvalue weighted by Crippen LogP contribution is -2.39. The summed E-state index contributed by atoms with van der Waals surface area (Å²) >= 11 is 5.67. The minimum absolute atomic E-state index is 0.00927. The molecule has 1 aromatic rings. The van der Waals surface area contributed by atoms with Gasteiger partial charge in [0.1, 0.15) is 5.84 Å². The van der Waals surface area contributed by atoms with Crippen molar-refractivity contribution in [3.63, 3.8) is 0 Å². The molecule has 0 aliphatic heterocycles. The molecule has 0 saturated carbocycles. The highest BCUT2D eigenvalue weighted by Crippen LogP contribution is 2.20. The molecule has 0 spiro atoms. The van der Waals surface area contributed by atoms with Crippen molar-refractivity contribution in [2.45, 2.75) is 26.3 Å². The van der Waals surface area contributed by atoms with Gasteiger partial charge in [-0.1, -0.05) is 22.8 Å². The fourth-order valence-corrected chi connectivity index (χ4v) is 1.88. The van der Waals surface area contributed by atoms with Gasteiger partial charge in [-0.05, 0) is 26.0 Å². The van der Waals surface area contributed by atoms with Gasteiger partial charge >= 0.3 is 0 Å². The van der Waals surface area contributed by atoms with Crippen LogP contribution in [0, 0.1) is 5.82 Å². The number of benzene rings is 1. The topological polar surface area (TPSA) is 78.9 Å². The first-order chi connectivity index (χ1) is 9.38. The van der Waals surface area contributed by atoms with Crippen LogP contribution in [0.2, 0.25) is 5.02 Å². The standard InChI is InChI=1S/C13H17ClFN3O2/c1-8(2)18(7-6-11(16)17-20)13(19)9-4-3-5-10(14)12(9)15/h3-5,8,20H,6-7H2,1-2H3,(H2,16,17). The highest BCUT2D eigenvalue weighted by molar-refractivity contribution is 6.31. The molecule has 1 amide bonds. The van der Waals surface area contributed by atoms with E-state index in [0.29, 0.717) is 0 Å². The number of halogens is 2. The van der Waals surface area contributed by atoms with Gasteiger partial charge in [0, 0.05) is 19.0 Å². The highest BCUT2D eigenvalue weighted by atomic mass is 35.5. The van der Waals surface area contributed by atoms with Gasteiger partial charge in [0.15, 0.2) is 5.82 Å². The first kappa shape index (κ1) is 16.2. The van der Waals surface area contributed by atoms with Gasteiger partial charge in [0.2, 0.25) is 0 Å². The maximum atomic E-state index is 13.9. The molecule has 0 atom stereocenters. The summed E-state index contributed by atoms with van der Waals surface area (Å²) in [6, 6.07) is 4.11. The minimum atomic E-state index is -0.742. The van der Waals surface area contributed by atoms with Gasteiger partial charge < -0.3 is 15.8 Å². The van der Waals surface area contributed by atoms with E-state index in [1.54, 1.807) is 13.8 Å². The summed E-state index contributed by atoms with van der Waals surface area (Å²) in [5.74, 6) is -1.21. The number of amides is 1. The first-order valence-corrected chi connectivity index (χ1v) is 6.47. The molecule has 5 nitrogen and oxygen atoms in total. The van der Waals surface area contributed by atoms with Crippen molar-refractivity contribution in [2.24, 2.45) is 10.9 Å². The van der Waals surface area contributed by atoms with Gasteiger partial charge in [-0.15, -0.1) is 0 Å². The molecule has 1 aromatic carbocycles. The number of carbonyl (C=O) groups excluding carboxylic acids is 1. The van der Waals surface area contributed by atoms with Crippen molar-refractivity contribution in [2.75, 3.05) is 6.54 Å². The van der Waals surface area contributed by atoms with E-state index in [-0.39, 0.29) is 35.4 Å². The lowest BCUT2D eigenvalue weighted by Gasteiger charge is -2.27. The van der Waals surface area contributed by atoms with E-state index in [2.05, 4.69) is 5.16 Å². The Morgan fingerprint density at radius 3 is 2.75 bits per heavy atom. The molecular weight excluding hydrogens is 285 g/mol. The molecule has 0 unspecified atom stereocenters. The normalized spacial score (nSPS) is 11.8. The lowest BCUT2D eigenvalue weighted by molar-refractivity contribution is 0.0706. The van der Waals surface area contributed by atoms with E-state index in [1.165, 1.54) is 23.1 Å². The Hall–Kier alpha value is -1.82. The predicted octanol–water partition coefficient (Wildman–Crippen LogP) is 2.47. The summed E-state index contributed by atoms with van der Waals surface area (Å²) in [4.78, 5) is 13.8. The number of oxime groups is 1. The second-order valence-electron chi connectivity index (χ2n) is 4.54. The maximum absolute atomic E-state index is 13.9. The Labute approximate surface area is 121 Å². The van der Waals surface area contributed by atoms with E-state index in [9.17, 15) is 9.18 Å². The highest BCUT2D eigenvalue weighted by Gasteiger charge is 2.22. The summed E-state index contributed by atoms with van der Waals surface area (Å²) in [6.45, 7) is 3.82. The third kappa shape index (κ3) is 3.84. The number of nitrogens with two attached hydrogens (primary N) is 1. The average Bonchev–Trinajstić information content (AvgIpc) is 2.41. The molecule has 0 heterocycles. The Kier molecular flexibility index (Phi) is 5.76. The van der Waals surface area contributed by atoms with Crippen LogP contribution in [0.25, 0.3) is 0 Å². The van der Waals surface area contributed by atoms with Crippen LogP contribution in [0.15, 0.2) is 23.4 Å². The van der Waals surface area contributed by atoms with Crippen LogP contribution in [0.4, 0.5) is 4.39 Å². The number of hydrogen-bond acceptors (Lipinski definition) is 3. The van der Waals surface area contributed by atoms with E-state index in [0.717, 1.165) is 0 Å². The van der Waals surface area contributed by atoms with Crippen LogP contribution >= 0.6 is 11.6 Å². The molecule has 0 aromatic heterocycles. The number of rotatable bonds is 5. The quantitative estimate of drug-likeness (QED) is 0.379. The Bertz CT molecular complexity index is 520. The molecular formula is C13H17ClFN3O2. The summed E-state index contributed by atoms with van der Waals surface area (Å²) in [7, 11) is 0. The molecule has 0 radical (unpaired) electrons. The van der Waals surface area contributed by atoms with Gasteiger partial charge in [-0.3, -0.25) is 4.79 Å². The molecule has 0 aliphatic carbocycles. The number of carbonyl (C=O) groups is 1. The zero-order chi connectivity index (χ0) is 15.3. The van der Waals surface area contributed by atoms with Gasteiger partial charge in [0.05, 0.1) is 10.6 Å². The number of amidine groups is 1. The monoisotopic (exact) mass is 301 g/mol. The molecule has 110 valence electrons. The lowest BCUT2D eigenvalue weighted by atomic mass is 10.1. The van der Waals surface area contributed by atoms with E-state index < -0.39 is 11.7 Å². The van der Waals surface area contributed by atoms with Crippen molar-refractivity contribution in [1.29, 1.82) is 0 Å².